The molecule has 3 heterocycles. The van der Waals surface area contributed by atoms with Crippen molar-refractivity contribution in [1.29, 1.82) is 0 Å². The van der Waals surface area contributed by atoms with E-state index in [-0.39, 0.29) is 17.4 Å². The fourth-order valence-electron chi connectivity index (χ4n) is 4.09. The highest BCUT2D eigenvalue weighted by Gasteiger charge is 2.31. The lowest BCUT2D eigenvalue weighted by atomic mass is 10.1. The van der Waals surface area contributed by atoms with Crippen molar-refractivity contribution >= 4 is 45.2 Å². The Morgan fingerprint density at radius 1 is 1.08 bits per heavy atom. The molecule has 6 N–H and O–H groups in total. The first-order valence-electron chi connectivity index (χ1n) is 11.3. The summed E-state index contributed by atoms with van der Waals surface area (Å²) in [5.74, 6) is -0.453. The predicted octanol–water partition coefficient (Wildman–Crippen LogP) is 5.14. The minimum absolute atomic E-state index is 0.0274. The largest absolute Gasteiger partial charge is 0.573 e. The van der Waals surface area contributed by atoms with Crippen LogP contribution in [0, 0.1) is 6.92 Å². The van der Waals surface area contributed by atoms with E-state index in [4.69, 9.17) is 5.73 Å². The number of carbonyl (C=O) groups excluding carboxylic acids is 1. The van der Waals surface area contributed by atoms with Crippen LogP contribution in [0.5, 0.6) is 5.75 Å². The molecule has 2 aromatic carbocycles. The van der Waals surface area contributed by atoms with Gasteiger partial charge in [-0.3, -0.25) is 4.79 Å². The van der Waals surface area contributed by atoms with Gasteiger partial charge in [-0.25, -0.2) is 4.98 Å². The first-order chi connectivity index (χ1) is 17.6. The number of alkyl halides is 3. The lowest BCUT2D eigenvalue weighted by Crippen LogP contribution is -2.17. The summed E-state index contributed by atoms with van der Waals surface area (Å²) < 4.78 is 41.8. The Morgan fingerprint density at radius 2 is 1.89 bits per heavy atom. The summed E-state index contributed by atoms with van der Waals surface area (Å²) in [6.07, 6.45) is -2.62. The third-order valence-corrected chi connectivity index (χ3v) is 5.66. The Kier molecular flexibility index (Phi) is 6.07. The standard InChI is InChI=1S/C25H22F3N7O2/c1-13-8-15-9-16(2-4-19(15)32-13)33-22-11-21(23(29)36)34-24(35-22)30-7-6-14-12-31-20-5-3-17(10-18(14)20)37-25(26,27)28/h2-5,8-12,31-32H,6-7H2,1H3,(H2,29,36)(H2,30,33,34,35). The monoisotopic (exact) mass is 509 g/mol. The topological polar surface area (TPSA) is 134 Å². The molecule has 1 amide bonds. The van der Waals surface area contributed by atoms with Crippen LogP contribution >= 0.6 is 0 Å². The van der Waals surface area contributed by atoms with E-state index in [1.165, 1.54) is 24.3 Å². The second kappa shape index (κ2) is 9.37. The molecule has 0 saturated carbocycles. The summed E-state index contributed by atoms with van der Waals surface area (Å²) in [5.41, 5.74) is 9.75. The molecule has 0 bridgehead atoms. The number of nitrogens with zero attached hydrogens (tertiary/aromatic N) is 2. The predicted molar refractivity (Wildman–Crippen MR) is 134 cm³/mol. The van der Waals surface area contributed by atoms with Gasteiger partial charge in [-0.2, -0.15) is 4.98 Å². The van der Waals surface area contributed by atoms with Gasteiger partial charge in [0, 0.05) is 52.0 Å². The van der Waals surface area contributed by atoms with E-state index in [0.29, 0.717) is 29.7 Å². The number of nitrogens with one attached hydrogen (secondary N) is 4. The molecule has 190 valence electrons. The summed E-state index contributed by atoms with van der Waals surface area (Å²) in [4.78, 5) is 26.7. The number of aromatic amines is 2. The summed E-state index contributed by atoms with van der Waals surface area (Å²) in [6, 6.07) is 13.4. The number of primary amides is 1. The van der Waals surface area contributed by atoms with E-state index in [9.17, 15) is 18.0 Å². The van der Waals surface area contributed by atoms with E-state index >= 15 is 0 Å². The highest BCUT2D eigenvalue weighted by Crippen LogP contribution is 2.28. The van der Waals surface area contributed by atoms with E-state index < -0.39 is 12.3 Å². The summed E-state index contributed by atoms with van der Waals surface area (Å²) >= 11 is 0. The van der Waals surface area contributed by atoms with Gasteiger partial charge in [0.2, 0.25) is 5.95 Å². The number of H-pyrrole nitrogens is 2. The number of benzene rings is 2. The molecule has 37 heavy (non-hydrogen) atoms. The van der Waals surface area contributed by atoms with E-state index in [2.05, 4.69) is 35.3 Å². The molecule has 0 radical (unpaired) electrons. The highest BCUT2D eigenvalue weighted by atomic mass is 19.4. The molecule has 0 saturated heterocycles. The number of carbonyl (C=O) groups is 1. The Hall–Kier alpha value is -4.74. The van der Waals surface area contributed by atoms with E-state index in [1.54, 1.807) is 6.20 Å². The van der Waals surface area contributed by atoms with Crippen molar-refractivity contribution in [1.82, 2.24) is 19.9 Å². The van der Waals surface area contributed by atoms with Gasteiger partial charge < -0.3 is 31.1 Å². The average Bonchev–Trinajstić information content (AvgIpc) is 3.39. The fourth-order valence-corrected chi connectivity index (χ4v) is 4.09. The second-order valence-electron chi connectivity index (χ2n) is 8.45. The Morgan fingerprint density at radius 3 is 2.68 bits per heavy atom. The van der Waals surface area contributed by atoms with E-state index in [0.717, 1.165) is 27.8 Å². The van der Waals surface area contributed by atoms with Crippen LogP contribution in [0.3, 0.4) is 0 Å². The van der Waals surface area contributed by atoms with Gasteiger partial charge in [0.25, 0.3) is 5.91 Å². The molecule has 0 aliphatic heterocycles. The number of ether oxygens (including phenoxy) is 1. The smallest absolute Gasteiger partial charge is 0.406 e. The maximum atomic E-state index is 12.6. The summed E-state index contributed by atoms with van der Waals surface area (Å²) in [7, 11) is 0. The number of anilines is 3. The van der Waals surface area contributed by atoms with Crippen molar-refractivity contribution in [2.75, 3.05) is 17.2 Å². The number of hydrogen-bond donors (Lipinski definition) is 5. The maximum absolute atomic E-state index is 12.6. The summed E-state index contributed by atoms with van der Waals surface area (Å²) in [5, 5.41) is 7.85. The van der Waals surface area contributed by atoms with Crippen LogP contribution in [-0.4, -0.2) is 38.8 Å². The normalized spacial score (nSPS) is 11.7. The molecule has 0 atom stereocenters. The number of amides is 1. The van der Waals surface area contributed by atoms with Crippen LogP contribution in [0.25, 0.3) is 21.8 Å². The molecule has 5 aromatic rings. The Labute approximate surface area is 208 Å². The number of aromatic nitrogens is 4. The van der Waals surface area contributed by atoms with Crippen molar-refractivity contribution in [3.8, 4) is 5.75 Å². The summed E-state index contributed by atoms with van der Waals surface area (Å²) in [6.45, 7) is 2.31. The van der Waals surface area contributed by atoms with Crippen molar-refractivity contribution in [2.45, 2.75) is 19.7 Å². The molecular weight excluding hydrogens is 487 g/mol. The van der Waals surface area contributed by atoms with Crippen LogP contribution in [0.15, 0.2) is 54.7 Å². The fraction of sp³-hybridized carbons (Fsp3) is 0.160. The van der Waals surface area contributed by atoms with Gasteiger partial charge in [-0.05, 0) is 61.4 Å². The van der Waals surface area contributed by atoms with Crippen LogP contribution < -0.4 is 21.1 Å². The molecule has 0 aliphatic rings. The number of aryl methyl sites for hydroxylation is 1. The van der Waals surface area contributed by atoms with E-state index in [1.807, 2.05) is 31.2 Å². The van der Waals surface area contributed by atoms with Crippen LogP contribution in [0.2, 0.25) is 0 Å². The quantitative estimate of drug-likeness (QED) is 0.197. The van der Waals surface area contributed by atoms with Crippen molar-refractivity contribution < 1.29 is 22.7 Å². The van der Waals surface area contributed by atoms with Crippen LogP contribution in [0.1, 0.15) is 21.7 Å². The minimum atomic E-state index is -4.77. The lowest BCUT2D eigenvalue weighted by molar-refractivity contribution is -0.274. The third kappa shape index (κ3) is 5.58. The molecule has 9 nitrogen and oxygen atoms in total. The van der Waals surface area contributed by atoms with Gasteiger partial charge in [0.15, 0.2) is 0 Å². The van der Waals surface area contributed by atoms with Crippen molar-refractivity contribution in [3.05, 3.63) is 71.7 Å². The SMILES string of the molecule is Cc1cc2cc(Nc3cc(C(N)=O)nc(NCCc4c[nH]c5ccc(OC(F)(F)F)cc45)n3)ccc2[nH]1. The minimum Gasteiger partial charge on any atom is -0.406 e. The first-order valence-corrected chi connectivity index (χ1v) is 11.3. The zero-order valence-electron chi connectivity index (χ0n) is 19.5. The van der Waals surface area contributed by atoms with Crippen LogP contribution in [0.4, 0.5) is 30.6 Å². The number of halogens is 3. The zero-order chi connectivity index (χ0) is 26.2. The second-order valence-corrected chi connectivity index (χ2v) is 8.45. The molecule has 0 aliphatic carbocycles. The Bertz CT molecular complexity index is 1610. The number of fused-ring (bicyclic) bond motifs is 2. The molecule has 0 unspecified atom stereocenters. The molecule has 3 aromatic heterocycles. The number of hydrogen-bond acceptors (Lipinski definition) is 6. The van der Waals surface area contributed by atoms with Crippen LogP contribution in [-0.2, 0) is 6.42 Å². The molecule has 0 spiro atoms. The maximum Gasteiger partial charge on any atom is 0.573 e. The zero-order valence-corrected chi connectivity index (χ0v) is 19.5. The first kappa shape index (κ1) is 24.0. The number of nitrogens with two attached hydrogens (primary N) is 1. The van der Waals surface area contributed by atoms with Gasteiger partial charge in [-0.15, -0.1) is 13.2 Å². The molecule has 5 rings (SSSR count). The number of rotatable bonds is 8. The molecule has 12 heteroatoms. The van der Waals surface area contributed by atoms with Gasteiger partial charge in [0.05, 0.1) is 0 Å². The lowest BCUT2D eigenvalue weighted by Gasteiger charge is -2.11. The van der Waals surface area contributed by atoms with Gasteiger partial charge in [-0.1, -0.05) is 0 Å². The third-order valence-electron chi connectivity index (χ3n) is 5.66. The van der Waals surface area contributed by atoms with Crippen molar-refractivity contribution in [3.63, 3.8) is 0 Å². The van der Waals surface area contributed by atoms with Gasteiger partial charge in [0.1, 0.15) is 17.3 Å². The Balaban J connectivity index is 1.32. The average molecular weight is 509 g/mol. The molecule has 0 fully saturated rings. The molecular formula is C25H22F3N7O2. The van der Waals surface area contributed by atoms with Gasteiger partial charge >= 0.3 is 6.36 Å². The highest BCUT2D eigenvalue weighted by molar-refractivity contribution is 5.92. The van der Waals surface area contributed by atoms with Crippen molar-refractivity contribution in [2.24, 2.45) is 5.73 Å².